The normalized spacial score (nSPS) is 30.5. The SMILES string of the molecule is [NH3+][C@H]1CO[C@H]2[C@@H]1OC[C@@H]2n1nnnc1Oc1ccc2c(c1)OCO2. The minimum absolute atomic E-state index is 0.0300. The molecule has 1 aromatic heterocycles. The van der Waals surface area contributed by atoms with Crippen LogP contribution in [0, 0.1) is 0 Å². The Morgan fingerprint density at radius 2 is 2.00 bits per heavy atom. The number of rotatable bonds is 3. The Balaban J connectivity index is 1.40. The van der Waals surface area contributed by atoms with E-state index < -0.39 is 0 Å². The van der Waals surface area contributed by atoms with Gasteiger partial charge in [-0.25, -0.2) is 0 Å². The fraction of sp³-hybridized carbons (Fsp3) is 0.500. The smallest absolute Gasteiger partial charge is 0.341 e. The van der Waals surface area contributed by atoms with Crippen LogP contribution in [0.15, 0.2) is 18.2 Å². The first-order chi connectivity index (χ1) is 11.8. The molecule has 0 amide bonds. The van der Waals surface area contributed by atoms with E-state index in [4.69, 9.17) is 23.7 Å². The van der Waals surface area contributed by atoms with Crippen LogP contribution in [0.1, 0.15) is 6.04 Å². The first-order valence-corrected chi connectivity index (χ1v) is 7.71. The number of quaternary nitrogens is 1. The predicted octanol–water partition coefficient (Wildman–Crippen LogP) is -0.857. The van der Waals surface area contributed by atoms with Gasteiger partial charge >= 0.3 is 6.01 Å². The standard InChI is InChI=1S/C14H15N5O5/c15-8-4-20-13-9(5-21-12(8)13)19-14(16-17-18-19)24-7-1-2-10-11(3-7)23-6-22-10/h1-3,8-9,12-13H,4-6,15H2/p+1/t8-,9-,12+,13+/m0/s1. The number of hydrogen-bond acceptors (Lipinski definition) is 8. The van der Waals surface area contributed by atoms with Gasteiger partial charge in [0.1, 0.15) is 36.6 Å². The third-order valence-corrected chi connectivity index (χ3v) is 4.46. The van der Waals surface area contributed by atoms with Crippen LogP contribution in [-0.4, -0.2) is 58.5 Å². The highest BCUT2D eigenvalue weighted by atomic mass is 16.7. The number of aromatic nitrogens is 4. The zero-order valence-electron chi connectivity index (χ0n) is 12.7. The molecule has 0 radical (unpaired) electrons. The highest BCUT2D eigenvalue weighted by Gasteiger charge is 2.50. The molecule has 126 valence electrons. The molecular weight excluding hydrogens is 318 g/mol. The van der Waals surface area contributed by atoms with E-state index in [0.29, 0.717) is 30.5 Å². The van der Waals surface area contributed by atoms with E-state index in [1.165, 1.54) is 0 Å². The van der Waals surface area contributed by atoms with Gasteiger partial charge in [-0.05, 0) is 22.6 Å². The molecule has 0 unspecified atom stereocenters. The maximum absolute atomic E-state index is 5.83. The van der Waals surface area contributed by atoms with Gasteiger partial charge in [0.05, 0.1) is 6.61 Å². The van der Waals surface area contributed by atoms with Crippen molar-refractivity contribution in [2.45, 2.75) is 24.3 Å². The number of hydrogen-bond donors (Lipinski definition) is 1. The summed E-state index contributed by atoms with van der Waals surface area (Å²) >= 11 is 0. The Labute approximate surface area is 136 Å². The molecule has 0 spiro atoms. The summed E-state index contributed by atoms with van der Waals surface area (Å²) in [5.74, 6) is 1.89. The molecule has 0 bridgehead atoms. The highest BCUT2D eigenvalue weighted by molar-refractivity contribution is 5.47. The van der Waals surface area contributed by atoms with Gasteiger partial charge in [0.2, 0.25) is 6.79 Å². The summed E-state index contributed by atoms with van der Waals surface area (Å²) < 4.78 is 29.7. The summed E-state index contributed by atoms with van der Waals surface area (Å²) in [7, 11) is 0. The minimum Gasteiger partial charge on any atom is -0.454 e. The number of nitrogens with zero attached hydrogens (tertiary/aromatic N) is 4. The van der Waals surface area contributed by atoms with Crippen LogP contribution in [0.5, 0.6) is 23.3 Å². The first kappa shape index (κ1) is 14.0. The first-order valence-electron chi connectivity index (χ1n) is 7.71. The number of ether oxygens (including phenoxy) is 5. The van der Waals surface area contributed by atoms with Crippen molar-refractivity contribution in [2.24, 2.45) is 0 Å². The lowest BCUT2D eigenvalue weighted by atomic mass is 10.1. The van der Waals surface area contributed by atoms with Crippen molar-refractivity contribution >= 4 is 0 Å². The van der Waals surface area contributed by atoms with Crippen molar-refractivity contribution in [3.05, 3.63) is 18.2 Å². The second kappa shape index (κ2) is 5.30. The van der Waals surface area contributed by atoms with Crippen molar-refractivity contribution < 1.29 is 29.4 Å². The molecule has 4 atom stereocenters. The number of benzene rings is 1. The van der Waals surface area contributed by atoms with Gasteiger partial charge in [-0.2, -0.15) is 4.68 Å². The lowest BCUT2D eigenvalue weighted by molar-refractivity contribution is -0.430. The Morgan fingerprint density at radius 1 is 1.12 bits per heavy atom. The van der Waals surface area contributed by atoms with Crippen LogP contribution >= 0.6 is 0 Å². The van der Waals surface area contributed by atoms with E-state index in [1.54, 1.807) is 22.9 Å². The second-order valence-electron chi connectivity index (χ2n) is 5.95. The van der Waals surface area contributed by atoms with E-state index >= 15 is 0 Å². The van der Waals surface area contributed by atoms with Gasteiger partial charge in [-0.15, -0.1) is 0 Å². The van der Waals surface area contributed by atoms with E-state index in [2.05, 4.69) is 21.3 Å². The molecule has 5 rings (SSSR count). The molecule has 2 fully saturated rings. The van der Waals surface area contributed by atoms with Crippen LogP contribution in [0.2, 0.25) is 0 Å². The maximum Gasteiger partial charge on any atom is 0.341 e. The molecule has 10 nitrogen and oxygen atoms in total. The Kier molecular flexibility index (Phi) is 3.08. The number of fused-ring (bicyclic) bond motifs is 2. The van der Waals surface area contributed by atoms with Crippen molar-refractivity contribution in [3.8, 4) is 23.3 Å². The molecule has 2 saturated heterocycles. The van der Waals surface area contributed by atoms with Crippen molar-refractivity contribution in [3.63, 3.8) is 0 Å². The van der Waals surface area contributed by atoms with Gasteiger partial charge < -0.3 is 29.4 Å². The average molecular weight is 334 g/mol. The van der Waals surface area contributed by atoms with Gasteiger partial charge in [-0.1, -0.05) is 5.10 Å². The van der Waals surface area contributed by atoms with Crippen molar-refractivity contribution in [1.29, 1.82) is 0 Å². The van der Waals surface area contributed by atoms with Gasteiger partial charge in [0, 0.05) is 6.07 Å². The molecule has 24 heavy (non-hydrogen) atoms. The second-order valence-corrected chi connectivity index (χ2v) is 5.95. The summed E-state index contributed by atoms with van der Waals surface area (Å²) in [5, 5.41) is 11.7. The Bertz CT molecular complexity index is 768. The third kappa shape index (κ3) is 2.11. The zero-order valence-corrected chi connectivity index (χ0v) is 12.7. The van der Waals surface area contributed by atoms with Crippen LogP contribution in [0.25, 0.3) is 0 Å². The van der Waals surface area contributed by atoms with E-state index in [9.17, 15) is 0 Å². The molecule has 0 aliphatic carbocycles. The zero-order chi connectivity index (χ0) is 16.1. The molecule has 10 heteroatoms. The molecule has 1 aromatic carbocycles. The van der Waals surface area contributed by atoms with Crippen molar-refractivity contribution in [1.82, 2.24) is 20.2 Å². The third-order valence-electron chi connectivity index (χ3n) is 4.46. The van der Waals surface area contributed by atoms with Crippen LogP contribution < -0.4 is 19.9 Å². The molecule has 3 aliphatic rings. The molecule has 0 saturated carbocycles. The summed E-state index contributed by atoms with van der Waals surface area (Å²) in [6, 6.07) is 5.56. The summed E-state index contributed by atoms with van der Waals surface area (Å²) in [6.07, 6.45) is -0.146. The monoisotopic (exact) mass is 334 g/mol. The topological polar surface area (TPSA) is 117 Å². The Morgan fingerprint density at radius 3 is 2.96 bits per heavy atom. The largest absolute Gasteiger partial charge is 0.454 e. The minimum atomic E-state index is -0.138. The maximum atomic E-state index is 5.83. The quantitative estimate of drug-likeness (QED) is 0.771. The average Bonchev–Trinajstić information content (AvgIpc) is 3.33. The lowest BCUT2D eigenvalue weighted by Gasteiger charge is -2.16. The van der Waals surface area contributed by atoms with Crippen LogP contribution in [0.3, 0.4) is 0 Å². The summed E-state index contributed by atoms with van der Waals surface area (Å²) in [4.78, 5) is 0. The summed E-state index contributed by atoms with van der Waals surface area (Å²) in [5.41, 5.74) is 4.05. The highest BCUT2D eigenvalue weighted by Crippen LogP contribution is 2.38. The van der Waals surface area contributed by atoms with E-state index in [-0.39, 0.29) is 37.1 Å². The van der Waals surface area contributed by atoms with E-state index in [0.717, 1.165) is 0 Å². The summed E-state index contributed by atoms with van der Waals surface area (Å²) in [6.45, 7) is 1.25. The molecule has 4 heterocycles. The molecular formula is C14H16N5O5+. The fourth-order valence-electron chi connectivity index (χ4n) is 3.27. The van der Waals surface area contributed by atoms with Crippen LogP contribution in [-0.2, 0) is 9.47 Å². The van der Waals surface area contributed by atoms with Gasteiger partial charge in [0.25, 0.3) is 0 Å². The van der Waals surface area contributed by atoms with Gasteiger partial charge in [-0.3, -0.25) is 0 Å². The van der Waals surface area contributed by atoms with E-state index in [1.807, 2.05) is 0 Å². The lowest BCUT2D eigenvalue weighted by Crippen LogP contribution is -2.66. The Hall–Kier alpha value is -2.43. The molecule has 3 N–H and O–H groups in total. The van der Waals surface area contributed by atoms with Crippen molar-refractivity contribution in [2.75, 3.05) is 20.0 Å². The molecule has 3 aliphatic heterocycles. The number of tetrazole rings is 1. The van der Waals surface area contributed by atoms with Crippen LogP contribution in [0.4, 0.5) is 0 Å². The predicted molar refractivity (Wildman–Crippen MR) is 75.6 cm³/mol. The van der Waals surface area contributed by atoms with Gasteiger partial charge in [0.15, 0.2) is 11.5 Å². The molecule has 2 aromatic rings. The fourth-order valence-corrected chi connectivity index (χ4v) is 3.27.